The number of nitrogens with one attached hydrogen (secondary N) is 2. The van der Waals surface area contributed by atoms with Gasteiger partial charge in [0, 0.05) is 18.0 Å². The monoisotopic (exact) mass is 589 g/mol. The third-order valence-electron chi connectivity index (χ3n) is 8.68. The van der Waals surface area contributed by atoms with E-state index < -0.39 is 5.66 Å². The van der Waals surface area contributed by atoms with Gasteiger partial charge in [0.2, 0.25) is 0 Å². The van der Waals surface area contributed by atoms with Gasteiger partial charge in [-0.3, -0.25) is 19.6 Å². The van der Waals surface area contributed by atoms with Gasteiger partial charge in [0.05, 0.1) is 18.8 Å². The second-order valence-electron chi connectivity index (χ2n) is 14.0. The number of amides is 2. The number of aliphatic imine (C=N–C) groups is 1. The highest BCUT2D eigenvalue weighted by atomic mass is 16.2. The highest BCUT2D eigenvalue weighted by molar-refractivity contribution is 6.46. The van der Waals surface area contributed by atoms with Crippen molar-refractivity contribution in [2.24, 2.45) is 38.4 Å². The number of hydrazine groups is 1. The number of nitrogens with two attached hydrogens (primary N) is 2. The van der Waals surface area contributed by atoms with Crippen molar-refractivity contribution in [1.82, 2.24) is 25.7 Å². The van der Waals surface area contributed by atoms with E-state index in [0.717, 1.165) is 44.1 Å². The van der Waals surface area contributed by atoms with Crippen LogP contribution in [0.4, 0.5) is 0 Å². The van der Waals surface area contributed by atoms with Crippen LogP contribution in [0.1, 0.15) is 108 Å². The van der Waals surface area contributed by atoms with Crippen molar-refractivity contribution < 1.29 is 9.59 Å². The van der Waals surface area contributed by atoms with Gasteiger partial charge in [0.25, 0.3) is 11.8 Å². The van der Waals surface area contributed by atoms with Crippen molar-refractivity contribution in [3.05, 3.63) is 59.7 Å². The predicted molar refractivity (Wildman–Crippen MR) is 169 cm³/mol. The van der Waals surface area contributed by atoms with Crippen LogP contribution in [-0.2, 0) is 4.79 Å². The molecule has 0 bridgehead atoms. The Kier molecular flexibility index (Phi) is 9.54. The summed E-state index contributed by atoms with van der Waals surface area (Å²) in [5.74, 6) is 5.47. The van der Waals surface area contributed by atoms with Crippen LogP contribution in [0.15, 0.2) is 52.9 Å². The fraction of sp³-hybridized carbons (Fsp3) is 0.562. The van der Waals surface area contributed by atoms with Crippen LogP contribution in [0, 0.1) is 16.7 Å². The lowest BCUT2D eigenvalue weighted by molar-refractivity contribution is -0.134. The van der Waals surface area contributed by atoms with E-state index in [1.165, 1.54) is 0 Å². The maximum atomic E-state index is 14.4. The third-order valence-corrected chi connectivity index (χ3v) is 8.68. The van der Waals surface area contributed by atoms with Crippen LogP contribution in [0.25, 0.3) is 0 Å². The van der Waals surface area contributed by atoms with Crippen LogP contribution in [0.5, 0.6) is 0 Å². The Morgan fingerprint density at radius 2 is 1.79 bits per heavy atom. The quantitative estimate of drug-likeness (QED) is 0.148. The van der Waals surface area contributed by atoms with E-state index in [1.54, 1.807) is 30.7 Å². The summed E-state index contributed by atoms with van der Waals surface area (Å²) in [4.78, 5) is 43.1. The Hall–Kier alpha value is -3.86. The Labute approximate surface area is 255 Å². The second kappa shape index (κ2) is 12.8. The molecular formula is C32H47N9O2. The molecule has 1 aromatic carbocycles. The fourth-order valence-electron chi connectivity index (χ4n) is 6.20. The summed E-state index contributed by atoms with van der Waals surface area (Å²) in [6, 6.07) is 7.24. The van der Waals surface area contributed by atoms with Crippen LogP contribution in [0.2, 0.25) is 0 Å². The van der Waals surface area contributed by atoms with Gasteiger partial charge in [-0.05, 0) is 73.0 Å². The minimum atomic E-state index is -0.655. The van der Waals surface area contributed by atoms with Crippen molar-refractivity contribution in [3.63, 3.8) is 0 Å². The molecule has 232 valence electrons. The Balaban J connectivity index is 1.70. The van der Waals surface area contributed by atoms with Gasteiger partial charge in [0.15, 0.2) is 5.71 Å². The Morgan fingerprint density at radius 1 is 1.12 bits per heavy atom. The molecule has 1 unspecified atom stereocenters. The number of benzene rings is 1. The molecular weight excluding hydrogens is 542 g/mol. The first kappa shape index (κ1) is 32.1. The molecule has 11 nitrogen and oxygen atoms in total. The van der Waals surface area contributed by atoms with Crippen molar-refractivity contribution in [2.75, 3.05) is 6.54 Å². The smallest absolute Gasteiger partial charge is 0.276 e. The van der Waals surface area contributed by atoms with E-state index in [0.29, 0.717) is 22.9 Å². The average molecular weight is 590 g/mol. The van der Waals surface area contributed by atoms with Crippen LogP contribution < -0.4 is 22.4 Å². The van der Waals surface area contributed by atoms with E-state index in [2.05, 4.69) is 67.5 Å². The highest BCUT2D eigenvalue weighted by Gasteiger charge is 2.53. The number of hydrogen-bond acceptors (Lipinski definition) is 8. The van der Waals surface area contributed by atoms with E-state index in [-0.39, 0.29) is 41.1 Å². The maximum absolute atomic E-state index is 14.4. The molecule has 1 atom stereocenters. The number of aromatic nitrogens is 2. The van der Waals surface area contributed by atoms with Gasteiger partial charge in [0.1, 0.15) is 17.2 Å². The Morgan fingerprint density at radius 3 is 2.35 bits per heavy atom. The van der Waals surface area contributed by atoms with Gasteiger partial charge in [-0.25, -0.2) is 16.4 Å². The molecule has 1 fully saturated rings. The number of carbonyl (C=O) groups is 2. The molecule has 43 heavy (non-hydrogen) atoms. The zero-order chi connectivity index (χ0) is 31.4. The van der Waals surface area contributed by atoms with Gasteiger partial charge < -0.3 is 16.0 Å². The van der Waals surface area contributed by atoms with Gasteiger partial charge in [-0.2, -0.15) is 5.10 Å². The molecule has 1 aliphatic heterocycles. The van der Waals surface area contributed by atoms with E-state index in [9.17, 15) is 9.59 Å². The molecule has 1 spiro atoms. The van der Waals surface area contributed by atoms with E-state index >= 15 is 0 Å². The molecule has 2 aromatic rings. The minimum absolute atomic E-state index is 0.0574. The predicted octanol–water partition coefficient (Wildman–Crippen LogP) is 4.07. The zero-order valence-corrected chi connectivity index (χ0v) is 26.4. The van der Waals surface area contributed by atoms with Crippen molar-refractivity contribution in [2.45, 2.75) is 91.8 Å². The molecule has 1 aliphatic carbocycles. The largest absolute Gasteiger partial charge is 0.384 e. The topological polar surface area (TPSA) is 164 Å². The van der Waals surface area contributed by atoms with Crippen molar-refractivity contribution in [3.8, 4) is 0 Å². The van der Waals surface area contributed by atoms with Gasteiger partial charge in [-0.1, -0.05) is 53.7 Å². The first-order chi connectivity index (χ1) is 20.2. The molecule has 6 N–H and O–H groups in total. The average Bonchev–Trinajstić information content (AvgIpc) is 3.23. The second-order valence-corrected chi connectivity index (χ2v) is 14.0. The van der Waals surface area contributed by atoms with Crippen LogP contribution in [0.3, 0.4) is 0 Å². The first-order valence-corrected chi connectivity index (χ1v) is 15.1. The number of rotatable bonds is 9. The molecule has 11 heteroatoms. The zero-order valence-electron chi connectivity index (χ0n) is 26.4. The lowest BCUT2D eigenvalue weighted by Crippen LogP contribution is -2.51. The molecule has 0 radical (unpaired) electrons. The lowest BCUT2D eigenvalue weighted by atomic mass is 9.69. The summed E-state index contributed by atoms with van der Waals surface area (Å²) in [5, 5.41) is 6.40. The van der Waals surface area contributed by atoms with E-state index in [1.807, 2.05) is 17.0 Å². The minimum Gasteiger partial charge on any atom is -0.384 e. The van der Waals surface area contributed by atoms with Crippen LogP contribution >= 0.6 is 0 Å². The molecule has 2 heterocycles. The van der Waals surface area contributed by atoms with Gasteiger partial charge >= 0.3 is 0 Å². The number of hydrogen-bond donors (Lipinski definition) is 4. The Bertz CT molecular complexity index is 1330. The van der Waals surface area contributed by atoms with Gasteiger partial charge in [-0.15, -0.1) is 0 Å². The summed E-state index contributed by atoms with van der Waals surface area (Å²) in [6.07, 6.45) is 10.0. The number of hydrazone groups is 1. The number of nitrogens with zero attached hydrogens (tertiary/aromatic N) is 5. The molecule has 1 saturated carbocycles. The SMILES string of the molecule is CC(C)(C)CCC(c1ccc(C(=O)NC/C(N)=N/NN)cc1)N1C(=O)C(c2cnccn2)=NC12CCC(C(C)(C)C)CC2. The molecule has 2 amide bonds. The molecule has 0 saturated heterocycles. The lowest BCUT2D eigenvalue weighted by Gasteiger charge is -2.47. The summed E-state index contributed by atoms with van der Waals surface area (Å²) < 4.78 is 0. The molecule has 1 aromatic heterocycles. The number of carbonyl (C=O) groups excluding carboxylic acids is 2. The summed E-state index contributed by atoms with van der Waals surface area (Å²) in [6.45, 7) is 13.6. The molecule has 2 aliphatic rings. The van der Waals surface area contributed by atoms with Crippen molar-refractivity contribution >= 4 is 23.4 Å². The summed E-state index contributed by atoms with van der Waals surface area (Å²) in [5.41, 5.74) is 9.75. The molecule has 4 rings (SSSR count). The number of amidine groups is 1. The van der Waals surface area contributed by atoms with E-state index in [4.69, 9.17) is 16.6 Å². The fourth-order valence-corrected chi connectivity index (χ4v) is 6.20. The first-order valence-electron chi connectivity index (χ1n) is 15.1. The van der Waals surface area contributed by atoms with Crippen molar-refractivity contribution in [1.29, 1.82) is 0 Å². The normalized spacial score (nSPS) is 22.0. The summed E-state index contributed by atoms with van der Waals surface area (Å²) >= 11 is 0. The standard InChI is InChI=1S/C32H47N9O2/c1-30(2,3)14-13-25(21-7-9-22(10-8-21)28(42)37-20-26(33)39-40-34)41-29(43)27(24-19-35-17-18-36-24)38-32(41)15-11-23(12-16-32)31(4,5)6/h7-10,17-19,23,25,40H,11-16,20,34H2,1-6H3,(H2,33,39)(H,37,42). The summed E-state index contributed by atoms with van der Waals surface area (Å²) in [7, 11) is 0. The highest BCUT2D eigenvalue weighted by Crippen LogP contribution is 2.50. The third kappa shape index (κ3) is 7.57. The maximum Gasteiger partial charge on any atom is 0.276 e. The van der Waals surface area contributed by atoms with Crippen LogP contribution in [-0.4, -0.2) is 50.4 Å².